The standard InChI is InChI=1S/C20H25NO6S/c1-14(2)12-25-16-4-6-17(7-5-16)28(23,24)21-10-9-18(22)15-3-8-19-20(11-15)27-13-26-19/h3-8,11,14,18,21-22H,9-10,12-13H2,1-2H3. The number of aliphatic hydroxyl groups is 1. The molecule has 28 heavy (non-hydrogen) atoms. The fourth-order valence-electron chi connectivity index (χ4n) is 2.68. The van der Waals surface area contributed by atoms with E-state index >= 15 is 0 Å². The molecule has 3 rings (SSSR count). The van der Waals surface area contributed by atoms with Crippen molar-refractivity contribution < 1.29 is 27.7 Å². The highest BCUT2D eigenvalue weighted by atomic mass is 32.2. The number of aliphatic hydroxyl groups excluding tert-OH is 1. The summed E-state index contributed by atoms with van der Waals surface area (Å²) in [6.07, 6.45) is -0.585. The van der Waals surface area contributed by atoms with E-state index in [2.05, 4.69) is 4.72 Å². The van der Waals surface area contributed by atoms with E-state index in [1.54, 1.807) is 30.3 Å². The Balaban J connectivity index is 1.53. The van der Waals surface area contributed by atoms with Gasteiger partial charge in [0, 0.05) is 6.54 Å². The van der Waals surface area contributed by atoms with Crippen LogP contribution in [0.4, 0.5) is 0 Å². The quantitative estimate of drug-likeness (QED) is 0.664. The molecule has 0 saturated heterocycles. The van der Waals surface area contributed by atoms with E-state index in [1.807, 2.05) is 13.8 Å². The van der Waals surface area contributed by atoms with Crippen molar-refractivity contribution in [1.29, 1.82) is 0 Å². The SMILES string of the molecule is CC(C)COc1ccc(S(=O)(=O)NCCC(O)c2ccc3c(c2)OCO3)cc1. The van der Waals surface area contributed by atoms with Crippen molar-refractivity contribution in [3.8, 4) is 17.2 Å². The van der Waals surface area contributed by atoms with Gasteiger partial charge >= 0.3 is 0 Å². The van der Waals surface area contributed by atoms with Crippen LogP contribution in [0.25, 0.3) is 0 Å². The van der Waals surface area contributed by atoms with Crippen LogP contribution >= 0.6 is 0 Å². The van der Waals surface area contributed by atoms with Crippen molar-refractivity contribution in [1.82, 2.24) is 4.72 Å². The summed E-state index contributed by atoms with van der Waals surface area (Å²) in [5, 5.41) is 10.3. The van der Waals surface area contributed by atoms with Crippen molar-refractivity contribution >= 4 is 10.0 Å². The molecule has 2 aromatic rings. The molecule has 7 nitrogen and oxygen atoms in total. The van der Waals surface area contributed by atoms with Crippen LogP contribution in [-0.4, -0.2) is 33.5 Å². The average Bonchev–Trinajstić information content (AvgIpc) is 3.14. The van der Waals surface area contributed by atoms with Gasteiger partial charge in [-0.25, -0.2) is 13.1 Å². The molecule has 0 bridgehead atoms. The second kappa shape index (κ2) is 8.81. The van der Waals surface area contributed by atoms with Gasteiger partial charge in [-0.1, -0.05) is 19.9 Å². The highest BCUT2D eigenvalue weighted by Gasteiger charge is 2.18. The van der Waals surface area contributed by atoms with Gasteiger partial charge in [0.25, 0.3) is 0 Å². The molecule has 152 valence electrons. The predicted octanol–water partition coefficient (Wildman–Crippen LogP) is 2.85. The summed E-state index contributed by atoms with van der Waals surface area (Å²) in [4.78, 5) is 0.155. The van der Waals surface area contributed by atoms with Crippen LogP contribution in [-0.2, 0) is 10.0 Å². The molecule has 1 unspecified atom stereocenters. The minimum Gasteiger partial charge on any atom is -0.493 e. The summed E-state index contributed by atoms with van der Waals surface area (Å²) in [5.41, 5.74) is 0.648. The van der Waals surface area contributed by atoms with Gasteiger partial charge < -0.3 is 19.3 Å². The molecule has 0 radical (unpaired) electrons. The molecule has 0 saturated carbocycles. The van der Waals surface area contributed by atoms with Gasteiger partial charge in [0.2, 0.25) is 16.8 Å². The zero-order valence-corrected chi connectivity index (χ0v) is 16.7. The van der Waals surface area contributed by atoms with Gasteiger partial charge in [-0.05, 0) is 54.3 Å². The molecule has 0 aromatic heterocycles. The van der Waals surface area contributed by atoms with Gasteiger partial charge in [0.15, 0.2) is 11.5 Å². The molecule has 2 N–H and O–H groups in total. The normalized spacial score (nSPS) is 14.3. The molecule has 1 aliphatic heterocycles. The van der Waals surface area contributed by atoms with Crippen LogP contribution in [0.1, 0.15) is 31.9 Å². The number of rotatable bonds is 9. The molecule has 0 amide bonds. The van der Waals surface area contributed by atoms with E-state index in [-0.39, 0.29) is 24.7 Å². The zero-order chi connectivity index (χ0) is 20.1. The Bertz CT molecular complexity index is 895. The van der Waals surface area contributed by atoms with E-state index in [9.17, 15) is 13.5 Å². The van der Waals surface area contributed by atoms with Gasteiger partial charge in [0.05, 0.1) is 17.6 Å². The number of hydrogen-bond donors (Lipinski definition) is 2. The number of hydrogen-bond acceptors (Lipinski definition) is 6. The minimum atomic E-state index is -3.66. The van der Waals surface area contributed by atoms with E-state index in [1.165, 1.54) is 12.1 Å². The lowest BCUT2D eigenvalue weighted by molar-refractivity contribution is 0.166. The number of ether oxygens (including phenoxy) is 3. The van der Waals surface area contributed by atoms with Crippen LogP contribution in [0, 0.1) is 5.92 Å². The van der Waals surface area contributed by atoms with Gasteiger partial charge in [-0.3, -0.25) is 0 Å². The Kier molecular flexibility index (Phi) is 6.43. The molecule has 2 aromatic carbocycles. The highest BCUT2D eigenvalue weighted by molar-refractivity contribution is 7.89. The van der Waals surface area contributed by atoms with Gasteiger partial charge in [-0.2, -0.15) is 0 Å². The third kappa shape index (κ3) is 5.15. The van der Waals surface area contributed by atoms with Crippen LogP contribution in [0.3, 0.4) is 0 Å². The zero-order valence-electron chi connectivity index (χ0n) is 15.9. The largest absolute Gasteiger partial charge is 0.493 e. The van der Waals surface area contributed by atoms with E-state index in [4.69, 9.17) is 14.2 Å². The highest BCUT2D eigenvalue weighted by Crippen LogP contribution is 2.34. The summed E-state index contributed by atoms with van der Waals surface area (Å²) < 4.78 is 43.4. The van der Waals surface area contributed by atoms with Crippen molar-refractivity contribution in [2.45, 2.75) is 31.3 Å². The maximum Gasteiger partial charge on any atom is 0.240 e. The first-order chi connectivity index (χ1) is 13.3. The maximum atomic E-state index is 12.4. The summed E-state index contributed by atoms with van der Waals surface area (Å²) >= 11 is 0. The molecule has 1 atom stereocenters. The number of fused-ring (bicyclic) bond motifs is 1. The Morgan fingerprint density at radius 3 is 2.54 bits per heavy atom. The fourth-order valence-corrected chi connectivity index (χ4v) is 3.73. The smallest absolute Gasteiger partial charge is 0.240 e. The first-order valence-corrected chi connectivity index (χ1v) is 10.6. The molecule has 0 aliphatic carbocycles. The van der Waals surface area contributed by atoms with Crippen molar-refractivity contribution in [2.24, 2.45) is 5.92 Å². The molecule has 8 heteroatoms. The third-order valence-electron chi connectivity index (χ3n) is 4.21. The molecular weight excluding hydrogens is 382 g/mol. The van der Waals surface area contributed by atoms with E-state index < -0.39 is 16.1 Å². The first-order valence-electron chi connectivity index (χ1n) is 9.15. The van der Waals surface area contributed by atoms with Crippen molar-refractivity contribution in [3.63, 3.8) is 0 Å². The Morgan fingerprint density at radius 1 is 1.11 bits per heavy atom. The summed E-state index contributed by atoms with van der Waals surface area (Å²) in [5.74, 6) is 2.24. The minimum absolute atomic E-state index is 0.101. The van der Waals surface area contributed by atoms with Gasteiger partial charge in [-0.15, -0.1) is 0 Å². The molecule has 0 spiro atoms. The van der Waals surface area contributed by atoms with Crippen LogP contribution < -0.4 is 18.9 Å². The monoisotopic (exact) mass is 407 g/mol. The number of nitrogens with one attached hydrogen (secondary N) is 1. The molecule has 0 fully saturated rings. The second-order valence-electron chi connectivity index (χ2n) is 6.99. The number of sulfonamides is 1. The lowest BCUT2D eigenvalue weighted by atomic mass is 10.1. The maximum absolute atomic E-state index is 12.4. The molecule has 1 heterocycles. The van der Waals surface area contributed by atoms with Crippen LogP contribution in [0.15, 0.2) is 47.4 Å². The van der Waals surface area contributed by atoms with Crippen LogP contribution in [0.2, 0.25) is 0 Å². The molecule has 1 aliphatic rings. The summed E-state index contributed by atoms with van der Waals surface area (Å²) in [6, 6.07) is 11.5. The Morgan fingerprint density at radius 2 is 1.82 bits per heavy atom. The fraction of sp³-hybridized carbons (Fsp3) is 0.400. The topological polar surface area (TPSA) is 94.1 Å². The Labute approximate surface area is 165 Å². The first kappa shape index (κ1) is 20.4. The van der Waals surface area contributed by atoms with Crippen LogP contribution in [0.5, 0.6) is 17.2 Å². The predicted molar refractivity (Wildman–Crippen MR) is 104 cm³/mol. The Hall–Kier alpha value is -2.29. The number of benzene rings is 2. The summed E-state index contributed by atoms with van der Waals surface area (Å²) in [6.45, 7) is 4.92. The second-order valence-corrected chi connectivity index (χ2v) is 8.76. The van der Waals surface area contributed by atoms with Gasteiger partial charge in [0.1, 0.15) is 5.75 Å². The molecular formula is C20H25NO6S. The third-order valence-corrected chi connectivity index (χ3v) is 5.69. The van der Waals surface area contributed by atoms with E-state index in [0.717, 1.165) is 0 Å². The summed E-state index contributed by atoms with van der Waals surface area (Å²) in [7, 11) is -3.66. The van der Waals surface area contributed by atoms with E-state index in [0.29, 0.717) is 35.3 Å². The van der Waals surface area contributed by atoms with Crippen molar-refractivity contribution in [3.05, 3.63) is 48.0 Å². The lowest BCUT2D eigenvalue weighted by Crippen LogP contribution is -2.26. The van der Waals surface area contributed by atoms with Crippen molar-refractivity contribution in [2.75, 3.05) is 19.9 Å². The average molecular weight is 407 g/mol. The lowest BCUT2D eigenvalue weighted by Gasteiger charge is -2.13.